The highest BCUT2D eigenvalue weighted by atomic mass is 14.9. The van der Waals surface area contributed by atoms with Gasteiger partial charge in [-0.2, -0.15) is 0 Å². The molecule has 0 aromatic rings. The monoisotopic (exact) mass is 112 g/mol. The van der Waals surface area contributed by atoms with Crippen molar-refractivity contribution in [1.82, 2.24) is 5.32 Å². The summed E-state index contributed by atoms with van der Waals surface area (Å²) < 4.78 is 0. The summed E-state index contributed by atoms with van der Waals surface area (Å²) in [5, 5.41) is 3.42. The summed E-state index contributed by atoms with van der Waals surface area (Å²) in [4.78, 5) is 0. The summed E-state index contributed by atoms with van der Waals surface area (Å²) >= 11 is 0. The number of hydrogen-bond acceptors (Lipinski definition) is 1. The first kappa shape index (κ1) is 6.09. The molecule has 1 radical (unpaired) electrons. The fourth-order valence-electron chi connectivity index (χ4n) is 1.18. The Morgan fingerprint density at radius 3 is 2.50 bits per heavy atom. The minimum Gasteiger partial charge on any atom is -0.313 e. The van der Waals surface area contributed by atoms with Crippen molar-refractivity contribution < 1.29 is 0 Å². The Bertz CT molecular complexity index is 62.8. The Hall–Kier alpha value is -0.0400. The SMILES string of the molecule is C[C](C)C1CCCN1. The van der Waals surface area contributed by atoms with Crippen LogP contribution < -0.4 is 5.32 Å². The number of hydrogen-bond donors (Lipinski definition) is 1. The molecule has 1 nitrogen and oxygen atoms in total. The highest BCUT2D eigenvalue weighted by Gasteiger charge is 2.16. The molecule has 0 spiro atoms. The number of rotatable bonds is 1. The van der Waals surface area contributed by atoms with Crippen molar-refractivity contribution >= 4 is 0 Å². The van der Waals surface area contributed by atoms with Gasteiger partial charge in [-0.15, -0.1) is 0 Å². The Labute approximate surface area is 51.5 Å². The van der Waals surface area contributed by atoms with Gasteiger partial charge < -0.3 is 5.32 Å². The van der Waals surface area contributed by atoms with Gasteiger partial charge in [0.25, 0.3) is 0 Å². The smallest absolute Gasteiger partial charge is 0.0124 e. The van der Waals surface area contributed by atoms with Crippen LogP contribution in [0.5, 0.6) is 0 Å². The molecule has 1 fully saturated rings. The minimum absolute atomic E-state index is 0.731. The lowest BCUT2D eigenvalue weighted by atomic mass is 10.0. The summed E-state index contributed by atoms with van der Waals surface area (Å²) in [7, 11) is 0. The third-order valence-corrected chi connectivity index (χ3v) is 1.76. The Kier molecular flexibility index (Phi) is 1.90. The summed E-state index contributed by atoms with van der Waals surface area (Å²) in [6.07, 6.45) is 2.71. The molecule has 1 rings (SSSR count). The van der Waals surface area contributed by atoms with E-state index in [2.05, 4.69) is 19.2 Å². The first-order valence-corrected chi connectivity index (χ1v) is 3.34. The maximum atomic E-state index is 3.42. The van der Waals surface area contributed by atoms with Gasteiger partial charge in [0.15, 0.2) is 0 Å². The molecule has 1 N–H and O–H groups in total. The maximum Gasteiger partial charge on any atom is 0.0124 e. The van der Waals surface area contributed by atoms with Gasteiger partial charge in [-0.3, -0.25) is 0 Å². The molecule has 0 saturated carbocycles. The largest absolute Gasteiger partial charge is 0.313 e. The predicted molar refractivity (Wildman–Crippen MR) is 35.6 cm³/mol. The van der Waals surface area contributed by atoms with Crippen LogP contribution in [0, 0.1) is 5.92 Å². The zero-order chi connectivity index (χ0) is 5.98. The van der Waals surface area contributed by atoms with E-state index in [0.29, 0.717) is 0 Å². The van der Waals surface area contributed by atoms with E-state index in [1.165, 1.54) is 25.3 Å². The van der Waals surface area contributed by atoms with E-state index in [9.17, 15) is 0 Å². The average Bonchev–Trinajstić information content (AvgIpc) is 2.12. The molecule has 8 heavy (non-hydrogen) atoms. The van der Waals surface area contributed by atoms with E-state index < -0.39 is 0 Å². The third kappa shape index (κ3) is 1.22. The van der Waals surface area contributed by atoms with Crippen molar-refractivity contribution in [3.05, 3.63) is 5.92 Å². The summed E-state index contributed by atoms with van der Waals surface area (Å²) in [6, 6.07) is 0.731. The maximum absolute atomic E-state index is 3.42. The molecule has 1 heteroatoms. The van der Waals surface area contributed by atoms with E-state index in [0.717, 1.165) is 6.04 Å². The zero-order valence-corrected chi connectivity index (χ0v) is 5.70. The topological polar surface area (TPSA) is 12.0 Å². The highest BCUT2D eigenvalue weighted by Crippen LogP contribution is 2.14. The molecular formula is C7H14N. The van der Waals surface area contributed by atoms with Crippen molar-refractivity contribution in [2.24, 2.45) is 0 Å². The molecule has 0 aliphatic carbocycles. The van der Waals surface area contributed by atoms with Crippen LogP contribution >= 0.6 is 0 Å². The summed E-state index contributed by atoms with van der Waals surface area (Å²) in [6.45, 7) is 5.61. The second-order valence-electron chi connectivity index (χ2n) is 2.73. The van der Waals surface area contributed by atoms with Crippen LogP contribution in [0.15, 0.2) is 0 Å². The van der Waals surface area contributed by atoms with Gasteiger partial charge in [0.1, 0.15) is 0 Å². The van der Waals surface area contributed by atoms with Crippen LogP contribution in [0.3, 0.4) is 0 Å². The molecule has 1 aliphatic heterocycles. The average molecular weight is 112 g/mol. The molecule has 1 aliphatic rings. The lowest BCUT2D eigenvalue weighted by molar-refractivity contribution is 0.622. The van der Waals surface area contributed by atoms with Gasteiger partial charge in [-0.25, -0.2) is 0 Å². The van der Waals surface area contributed by atoms with E-state index in [1.807, 2.05) is 0 Å². The molecular weight excluding hydrogens is 98.1 g/mol. The van der Waals surface area contributed by atoms with Crippen LogP contribution in [0.4, 0.5) is 0 Å². The van der Waals surface area contributed by atoms with Crippen molar-refractivity contribution in [3.8, 4) is 0 Å². The van der Waals surface area contributed by atoms with Gasteiger partial charge in [-0.1, -0.05) is 13.8 Å². The summed E-state index contributed by atoms with van der Waals surface area (Å²) in [5.41, 5.74) is 0. The van der Waals surface area contributed by atoms with E-state index in [-0.39, 0.29) is 0 Å². The van der Waals surface area contributed by atoms with Crippen molar-refractivity contribution in [2.75, 3.05) is 6.54 Å². The first-order valence-electron chi connectivity index (χ1n) is 3.34. The molecule has 0 amide bonds. The minimum atomic E-state index is 0.731. The van der Waals surface area contributed by atoms with E-state index >= 15 is 0 Å². The van der Waals surface area contributed by atoms with E-state index in [1.54, 1.807) is 0 Å². The fraction of sp³-hybridized carbons (Fsp3) is 0.857. The molecule has 1 saturated heterocycles. The van der Waals surface area contributed by atoms with Gasteiger partial charge in [-0.05, 0) is 25.3 Å². The van der Waals surface area contributed by atoms with Crippen molar-refractivity contribution in [3.63, 3.8) is 0 Å². The van der Waals surface area contributed by atoms with Gasteiger partial charge in [0.05, 0.1) is 0 Å². The highest BCUT2D eigenvalue weighted by molar-refractivity contribution is 4.95. The van der Waals surface area contributed by atoms with Gasteiger partial charge >= 0.3 is 0 Å². The molecule has 47 valence electrons. The van der Waals surface area contributed by atoms with Crippen LogP contribution in [-0.2, 0) is 0 Å². The Morgan fingerprint density at radius 1 is 1.50 bits per heavy atom. The molecule has 0 bridgehead atoms. The molecule has 1 unspecified atom stereocenters. The number of nitrogens with one attached hydrogen (secondary N) is 1. The molecule has 1 heterocycles. The van der Waals surface area contributed by atoms with Crippen LogP contribution in [0.2, 0.25) is 0 Å². The lowest BCUT2D eigenvalue weighted by Crippen LogP contribution is -2.25. The standard InChI is InChI=1S/C7H14N/c1-6(2)7-4-3-5-8-7/h7-8H,3-5H2,1-2H3. The van der Waals surface area contributed by atoms with Crippen molar-refractivity contribution in [1.29, 1.82) is 0 Å². The van der Waals surface area contributed by atoms with E-state index in [4.69, 9.17) is 0 Å². The lowest BCUT2D eigenvalue weighted by Gasteiger charge is -2.12. The zero-order valence-electron chi connectivity index (χ0n) is 5.70. The van der Waals surface area contributed by atoms with Crippen LogP contribution in [-0.4, -0.2) is 12.6 Å². The second-order valence-corrected chi connectivity index (χ2v) is 2.73. The third-order valence-electron chi connectivity index (χ3n) is 1.76. The molecule has 0 aromatic heterocycles. The van der Waals surface area contributed by atoms with Gasteiger partial charge in [0, 0.05) is 6.04 Å². The second kappa shape index (κ2) is 2.49. The van der Waals surface area contributed by atoms with Gasteiger partial charge in [0.2, 0.25) is 0 Å². The van der Waals surface area contributed by atoms with Crippen LogP contribution in [0.25, 0.3) is 0 Å². The quantitative estimate of drug-likeness (QED) is 0.540. The van der Waals surface area contributed by atoms with Crippen LogP contribution in [0.1, 0.15) is 26.7 Å². The molecule has 0 aromatic carbocycles. The Balaban J connectivity index is 2.24. The predicted octanol–water partition coefficient (Wildman–Crippen LogP) is 1.35. The fourth-order valence-corrected chi connectivity index (χ4v) is 1.18. The summed E-state index contributed by atoms with van der Waals surface area (Å²) in [5.74, 6) is 1.53. The Morgan fingerprint density at radius 2 is 2.25 bits per heavy atom. The van der Waals surface area contributed by atoms with Crippen molar-refractivity contribution in [2.45, 2.75) is 32.7 Å². The normalized spacial score (nSPS) is 29.6. The molecule has 1 atom stereocenters. The first-order chi connectivity index (χ1) is 3.80.